The van der Waals surface area contributed by atoms with Crippen molar-refractivity contribution in [3.05, 3.63) is 112 Å². The quantitative estimate of drug-likeness (QED) is 0.258. The maximum Gasteiger partial charge on any atom is 0.266 e. The van der Waals surface area contributed by atoms with E-state index in [1.165, 1.54) is 22.9 Å². The van der Waals surface area contributed by atoms with Crippen molar-refractivity contribution in [3.8, 4) is 0 Å². The van der Waals surface area contributed by atoms with Gasteiger partial charge >= 0.3 is 0 Å². The monoisotopic (exact) mass is 454 g/mol. The summed E-state index contributed by atoms with van der Waals surface area (Å²) in [7, 11) is 0. The zero-order valence-corrected chi connectivity index (χ0v) is 19.3. The number of aromatic nitrogens is 1. The van der Waals surface area contributed by atoms with Gasteiger partial charge in [0.25, 0.3) is 5.91 Å². The van der Waals surface area contributed by atoms with E-state index in [4.69, 9.17) is 12.2 Å². The number of para-hydroxylation sites is 1. The van der Waals surface area contributed by atoms with Gasteiger partial charge < -0.3 is 4.57 Å². The number of thioether (sulfide) groups is 1. The lowest BCUT2D eigenvalue weighted by Gasteiger charge is -2.14. The van der Waals surface area contributed by atoms with Gasteiger partial charge in [0.15, 0.2) is 0 Å². The first kappa shape index (κ1) is 20.7. The number of hydrogen-bond donors (Lipinski definition) is 0. The molecule has 3 aromatic carbocycles. The number of amides is 1. The second-order valence-electron chi connectivity index (χ2n) is 7.97. The Morgan fingerprint density at radius 2 is 1.66 bits per heavy atom. The van der Waals surface area contributed by atoms with Gasteiger partial charge in [-0.25, -0.2) is 0 Å². The summed E-state index contributed by atoms with van der Waals surface area (Å²) in [6.45, 7) is 3.39. The van der Waals surface area contributed by atoms with Crippen LogP contribution in [0.25, 0.3) is 17.0 Å². The number of fused-ring (bicyclic) bond motifs is 1. The molecule has 3 nitrogen and oxygen atoms in total. The highest BCUT2D eigenvalue weighted by Crippen LogP contribution is 2.35. The van der Waals surface area contributed by atoms with Crippen LogP contribution in [0.3, 0.4) is 0 Å². The molecule has 158 valence electrons. The van der Waals surface area contributed by atoms with Crippen LogP contribution in [-0.4, -0.2) is 19.7 Å². The van der Waals surface area contributed by atoms with E-state index in [1.54, 1.807) is 4.90 Å². The molecule has 5 rings (SSSR count). The number of aryl methyl sites for hydroxylation is 1. The Kier molecular flexibility index (Phi) is 5.68. The molecule has 1 amide bonds. The van der Waals surface area contributed by atoms with Gasteiger partial charge in [-0.1, -0.05) is 102 Å². The molecular formula is C27H22N2OS2. The maximum absolute atomic E-state index is 13.1. The maximum atomic E-state index is 13.1. The van der Waals surface area contributed by atoms with Crippen molar-refractivity contribution in [1.29, 1.82) is 0 Å². The SMILES string of the molecule is Cc1cccc(Cn2cc(/C=C3\SC(=S)N(Cc4ccccc4)C3=O)c3ccccc32)c1. The fraction of sp³-hybridized carbons (Fsp3) is 0.111. The predicted molar refractivity (Wildman–Crippen MR) is 137 cm³/mol. The van der Waals surface area contributed by atoms with Crippen LogP contribution in [0, 0.1) is 6.92 Å². The van der Waals surface area contributed by atoms with Crippen LogP contribution in [0.4, 0.5) is 0 Å². The number of benzene rings is 3. The van der Waals surface area contributed by atoms with Crippen molar-refractivity contribution < 1.29 is 4.79 Å². The highest BCUT2D eigenvalue weighted by atomic mass is 32.2. The molecule has 1 fully saturated rings. The van der Waals surface area contributed by atoms with Crippen molar-refractivity contribution in [1.82, 2.24) is 9.47 Å². The number of rotatable bonds is 5. The van der Waals surface area contributed by atoms with Gasteiger partial charge in [0.05, 0.1) is 11.4 Å². The van der Waals surface area contributed by atoms with Gasteiger partial charge in [0, 0.05) is 29.2 Å². The van der Waals surface area contributed by atoms with E-state index >= 15 is 0 Å². The van der Waals surface area contributed by atoms with E-state index in [0.29, 0.717) is 15.8 Å². The third-order valence-corrected chi connectivity index (χ3v) is 6.98. The van der Waals surface area contributed by atoms with Gasteiger partial charge in [-0.05, 0) is 30.2 Å². The molecule has 0 spiro atoms. The van der Waals surface area contributed by atoms with Crippen LogP contribution < -0.4 is 0 Å². The first-order valence-electron chi connectivity index (χ1n) is 10.5. The minimum absolute atomic E-state index is 0.0284. The summed E-state index contributed by atoms with van der Waals surface area (Å²) in [5, 5.41) is 1.13. The zero-order valence-electron chi connectivity index (χ0n) is 17.7. The highest BCUT2D eigenvalue weighted by Gasteiger charge is 2.32. The third-order valence-electron chi connectivity index (χ3n) is 5.60. The number of nitrogens with zero attached hydrogens (tertiary/aromatic N) is 2. The van der Waals surface area contributed by atoms with Gasteiger partial charge in [-0.2, -0.15) is 0 Å². The summed E-state index contributed by atoms with van der Waals surface area (Å²) < 4.78 is 2.86. The molecule has 5 heteroatoms. The number of carbonyl (C=O) groups is 1. The summed E-state index contributed by atoms with van der Waals surface area (Å²) in [6.07, 6.45) is 4.12. The second kappa shape index (κ2) is 8.77. The molecule has 2 heterocycles. The van der Waals surface area contributed by atoms with E-state index in [1.807, 2.05) is 42.5 Å². The van der Waals surface area contributed by atoms with Gasteiger partial charge in [-0.15, -0.1) is 0 Å². The molecule has 1 aliphatic rings. The van der Waals surface area contributed by atoms with E-state index < -0.39 is 0 Å². The van der Waals surface area contributed by atoms with Crippen LogP contribution >= 0.6 is 24.0 Å². The summed E-state index contributed by atoms with van der Waals surface area (Å²) in [5.41, 5.74) is 5.76. The lowest BCUT2D eigenvalue weighted by molar-refractivity contribution is -0.122. The van der Waals surface area contributed by atoms with Crippen molar-refractivity contribution in [2.75, 3.05) is 0 Å². The Hall–Kier alpha value is -3.15. The lowest BCUT2D eigenvalue weighted by Crippen LogP contribution is -2.27. The Morgan fingerprint density at radius 3 is 2.47 bits per heavy atom. The summed E-state index contributed by atoms with van der Waals surface area (Å²) >= 11 is 6.91. The molecule has 1 saturated heterocycles. The largest absolute Gasteiger partial charge is 0.342 e. The van der Waals surface area contributed by atoms with Gasteiger partial charge in [-0.3, -0.25) is 9.69 Å². The predicted octanol–water partition coefficient (Wildman–Crippen LogP) is 6.40. The van der Waals surface area contributed by atoms with E-state index in [-0.39, 0.29) is 5.91 Å². The average Bonchev–Trinajstić information content (AvgIpc) is 3.27. The average molecular weight is 455 g/mol. The molecule has 0 N–H and O–H groups in total. The molecule has 0 aliphatic carbocycles. The fourth-order valence-corrected chi connectivity index (χ4v) is 5.32. The number of carbonyl (C=O) groups excluding carboxylic acids is 1. The van der Waals surface area contributed by atoms with Crippen LogP contribution in [0.5, 0.6) is 0 Å². The Labute approximate surface area is 197 Å². The Morgan fingerprint density at radius 1 is 0.906 bits per heavy atom. The zero-order chi connectivity index (χ0) is 22.1. The summed E-state index contributed by atoms with van der Waals surface area (Å²) in [5.74, 6) is -0.0284. The van der Waals surface area contributed by atoms with Crippen LogP contribution in [0.1, 0.15) is 22.3 Å². The van der Waals surface area contributed by atoms with Gasteiger partial charge in [0.1, 0.15) is 4.32 Å². The number of thiocarbonyl (C=S) groups is 1. The smallest absolute Gasteiger partial charge is 0.266 e. The molecule has 1 aromatic heterocycles. The molecule has 4 aromatic rings. The van der Waals surface area contributed by atoms with Crippen molar-refractivity contribution in [2.24, 2.45) is 0 Å². The topological polar surface area (TPSA) is 25.2 Å². The summed E-state index contributed by atoms with van der Waals surface area (Å²) in [6, 6.07) is 26.9. The first-order chi connectivity index (χ1) is 15.6. The van der Waals surface area contributed by atoms with Crippen LogP contribution in [0.15, 0.2) is 90.0 Å². The second-order valence-corrected chi connectivity index (χ2v) is 9.65. The Balaban J connectivity index is 1.47. The first-order valence-corrected chi connectivity index (χ1v) is 11.7. The molecule has 0 atom stereocenters. The molecule has 0 radical (unpaired) electrons. The van der Waals surface area contributed by atoms with Gasteiger partial charge in [0.2, 0.25) is 0 Å². The molecule has 0 saturated carbocycles. The van der Waals surface area contributed by atoms with Crippen LogP contribution in [0.2, 0.25) is 0 Å². The van der Waals surface area contributed by atoms with E-state index in [9.17, 15) is 4.79 Å². The molecule has 1 aliphatic heterocycles. The molecular weight excluding hydrogens is 432 g/mol. The third kappa shape index (κ3) is 4.14. The van der Waals surface area contributed by atoms with Crippen molar-refractivity contribution >= 4 is 51.2 Å². The molecule has 0 bridgehead atoms. The summed E-state index contributed by atoms with van der Waals surface area (Å²) in [4.78, 5) is 15.5. The minimum atomic E-state index is -0.0284. The molecule has 32 heavy (non-hydrogen) atoms. The Bertz CT molecular complexity index is 1350. The standard InChI is InChI=1S/C27H22N2OS2/c1-19-8-7-11-21(14-19)16-28-18-22(23-12-5-6-13-24(23)28)15-25-26(30)29(27(31)32-25)17-20-9-3-2-4-10-20/h2-15,18H,16-17H2,1H3/b25-15-. The van der Waals surface area contributed by atoms with Crippen molar-refractivity contribution in [2.45, 2.75) is 20.0 Å². The fourth-order valence-electron chi connectivity index (χ4n) is 4.07. The van der Waals surface area contributed by atoms with E-state index in [0.717, 1.165) is 28.6 Å². The molecule has 0 unspecified atom stereocenters. The minimum Gasteiger partial charge on any atom is -0.342 e. The number of hydrogen-bond acceptors (Lipinski definition) is 3. The lowest BCUT2D eigenvalue weighted by atomic mass is 10.1. The van der Waals surface area contributed by atoms with Crippen molar-refractivity contribution in [3.63, 3.8) is 0 Å². The van der Waals surface area contributed by atoms with Crippen LogP contribution in [-0.2, 0) is 17.9 Å². The highest BCUT2D eigenvalue weighted by molar-refractivity contribution is 8.26. The normalized spacial score (nSPS) is 15.3. The van der Waals surface area contributed by atoms with E-state index in [2.05, 4.69) is 60.2 Å².